The fourth-order valence-electron chi connectivity index (χ4n) is 2.57. The second-order valence-electron chi connectivity index (χ2n) is 5.90. The Balaban J connectivity index is 1.66. The van der Waals surface area contributed by atoms with E-state index in [1.807, 2.05) is 13.0 Å². The zero-order chi connectivity index (χ0) is 18.7. The summed E-state index contributed by atoms with van der Waals surface area (Å²) >= 11 is 0. The molecule has 0 fully saturated rings. The molecule has 1 heterocycles. The lowest BCUT2D eigenvalue weighted by molar-refractivity contribution is 0.498. The second-order valence-corrected chi connectivity index (χ2v) is 7.63. The van der Waals surface area contributed by atoms with Crippen LogP contribution in [0.5, 0.6) is 0 Å². The quantitative estimate of drug-likeness (QED) is 0.716. The van der Waals surface area contributed by atoms with Gasteiger partial charge in [0.25, 0.3) is 5.89 Å². The summed E-state index contributed by atoms with van der Waals surface area (Å²) in [6, 6.07) is 11.2. The molecule has 3 rings (SSSR count). The highest BCUT2D eigenvalue weighted by molar-refractivity contribution is 7.89. The zero-order valence-corrected chi connectivity index (χ0v) is 15.2. The van der Waals surface area contributed by atoms with Crippen LogP contribution in [0.25, 0.3) is 11.5 Å². The number of rotatable bonds is 6. The van der Waals surface area contributed by atoms with Crippen molar-refractivity contribution in [3.05, 3.63) is 65.3 Å². The molecule has 0 amide bonds. The Labute approximate surface area is 151 Å². The van der Waals surface area contributed by atoms with Crippen LogP contribution < -0.4 is 4.72 Å². The van der Waals surface area contributed by atoms with Gasteiger partial charge in [-0.25, -0.2) is 17.5 Å². The average molecular weight is 375 g/mol. The molecule has 0 aliphatic rings. The highest BCUT2D eigenvalue weighted by Crippen LogP contribution is 2.21. The molecule has 2 aromatic carbocycles. The maximum Gasteiger partial charge on any atom is 0.250 e. The number of aromatic nitrogens is 2. The molecule has 0 radical (unpaired) electrons. The van der Waals surface area contributed by atoms with Gasteiger partial charge in [0.15, 0.2) is 0 Å². The molecule has 8 heteroatoms. The van der Waals surface area contributed by atoms with E-state index in [9.17, 15) is 12.8 Å². The summed E-state index contributed by atoms with van der Waals surface area (Å²) in [6.07, 6.45) is 0.200. The van der Waals surface area contributed by atoms with Crippen LogP contribution in [-0.2, 0) is 16.4 Å². The van der Waals surface area contributed by atoms with Crippen LogP contribution in [0.4, 0.5) is 4.39 Å². The van der Waals surface area contributed by atoms with Crippen LogP contribution in [0.15, 0.2) is 51.8 Å². The number of sulfonamides is 1. The van der Waals surface area contributed by atoms with Crippen LogP contribution >= 0.6 is 0 Å². The van der Waals surface area contributed by atoms with Crippen molar-refractivity contribution >= 4 is 10.0 Å². The van der Waals surface area contributed by atoms with Crippen LogP contribution in [-0.4, -0.2) is 25.2 Å². The largest absolute Gasteiger partial charge is 0.421 e. The number of nitrogens with zero attached hydrogens (tertiary/aromatic N) is 2. The molecule has 136 valence electrons. The molecule has 3 aromatic rings. The lowest BCUT2D eigenvalue weighted by Crippen LogP contribution is -2.26. The van der Waals surface area contributed by atoms with E-state index in [0.29, 0.717) is 5.56 Å². The van der Waals surface area contributed by atoms with E-state index >= 15 is 0 Å². The molecule has 0 bridgehead atoms. The topological polar surface area (TPSA) is 85.1 Å². The summed E-state index contributed by atoms with van der Waals surface area (Å²) in [5, 5.41) is 7.65. The molecular weight excluding hydrogens is 357 g/mol. The van der Waals surface area contributed by atoms with Gasteiger partial charge >= 0.3 is 0 Å². The Morgan fingerprint density at radius 1 is 1.12 bits per heavy atom. The number of nitrogens with one attached hydrogen (secondary N) is 1. The first kappa shape index (κ1) is 18.2. The Bertz CT molecular complexity index is 1030. The van der Waals surface area contributed by atoms with Crippen molar-refractivity contribution in [1.82, 2.24) is 14.9 Å². The zero-order valence-electron chi connectivity index (χ0n) is 14.4. The molecule has 0 atom stereocenters. The number of halogens is 1. The molecule has 1 aromatic heterocycles. The van der Waals surface area contributed by atoms with Crippen molar-refractivity contribution in [3.8, 4) is 11.5 Å². The van der Waals surface area contributed by atoms with E-state index in [1.54, 1.807) is 31.2 Å². The molecule has 0 unspecified atom stereocenters. The third-order valence-electron chi connectivity index (χ3n) is 3.82. The summed E-state index contributed by atoms with van der Waals surface area (Å²) in [6.45, 7) is 3.74. The maximum absolute atomic E-state index is 13.7. The van der Waals surface area contributed by atoms with Gasteiger partial charge in [-0.3, -0.25) is 0 Å². The molecule has 0 aliphatic heterocycles. The number of aryl methyl sites for hydroxylation is 2. The van der Waals surface area contributed by atoms with Crippen molar-refractivity contribution in [2.75, 3.05) is 6.54 Å². The van der Waals surface area contributed by atoms with Gasteiger partial charge in [0.2, 0.25) is 15.9 Å². The van der Waals surface area contributed by atoms with Gasteiger partial charge in [-0.2, -0.15) is 0 Å². The highest BCUT2D eigenvalue weighted by atomic mass is 32.2. The molecule has 0 saturated heterocycles. The fourth-order valence-corrected chi connectivity index (χ4v) is 3.83. The standard InChI is InChI=1S/C18H18FN3O3S/c1-12-7-8-16(13(2)11-12)26(23,24)20-10-9-17-21-22-18(25-17)14-5-3-4-6-15(14)19/h3-8,11,20H,9-10H2,1-2H3. The lowest BCUT2D eigenvalue weighted by Gasteiger charge is -2.09. The van der Waals surface area contributed by atoms with Crippen LogP contribution in [0, 0.1) is 19.7 Å². The van der Waals surface area contributed by atoms with Gasteiger partial charge < -0.3 is 4.42 Å². The van der Waals surface area contributed by atoms with E-state index in [4.69, 9.17) is 4.42 Å². The minimum absolute atomic E-state index is 0.0651. The summed E-state index contributed by atoms with van der Waals surface area (Å²) in [5.41, 5.74) is 1.88. The third-order valence-corrected chi connectivity index (χ3v) is 5.44. The Morgan fingerprint density at radius 2 is 1.88 bits per heavy atom. The molecular formula is C18H18FN3O3S. The number of benzene rings is 2. The van der Waals surface area contributed by atoms with E-state index in [0.717, 1.165) is 5.56 Å². The Kier molecular flexibility index (Phi) is 5.15. The molecule has 26 heavy (non-hydrogen) atoms. The Hall–Kier alpha value is -2.58. The van der Waals surface area contributed by atoms with E-state index in [1.165, 1.54) is 12.1 Å². The first-order valence-corrected chi connectivity index (χ1v) is 9.49. The van der Waals surface area contributed by atoms with Crippen molar-refractivity contribution < 1.29 is 17.2 Å². The van der Waals surface area contributed by atoms with Crippen LogP contribution in [0.1, 0.15) is 17.0 Å². The number of hydrogen-bond acceptors (Lipinski definition) is 5. The minimum Gasteiger partial charge on any atom is -0.421 e. The lowest BCUT2D eigenvalue weighted by atomic mass is 10.2. The Morgan fingerprint density at radius 3 is 2.62 bits per heavy atom. The minimum atomic E-state index is -3.63. The predicted molar refractivity (Wildman–Crippen MR) is 94.5 cm³/mol. The van der Waals surface area contributed by atoms with Crippen LogP contribution in [0.2, 0.25) is 0 Å². The fraction of sp³-hybridized carbons (Fsp3) is 0.222. The monoisotopic (exact) mass is 375 g/mol. The normalized spacial score (nSPS) is 11.7. The second kappa shape index (κ2) is 7.35. The van der Waals surface area contributed by atoms with Crippen molar-refractivity contribution in [1.29, 1.82) is 0 Å². The van der Waals surface area contributed by atoms with Gasteiger partial charge in [0.1, 0.15) is 5.82 Å². The average Bonchev–Trinajstić information content (AvgIpc) is 3.03. The molecule has 6 nitrogen and oxygen atoms in total. The van der Waals surface area contributed by atoms with E-state index in [2.05, 4.69) is 14.9 Å². The summed E-state index contributed by atoms with van der Waals surface area (Å²) in [4.78, 5) is 0.237. The van der Waals surface area contributed by atoms with Gasteiger partial charge in [0.05, 0.1) is 10.5 Å². The SMILES string of the molecule is Cc1ccc(S(=O)(=O)NCCc2nnc(-c3ccccc3F)o2)c(C)c1. The first-order valence-electron chi connectivity index (χ1n) is 8.01. The maximum atomic E-state index is 13.7. The molecule has 0 aliphatic carbocycles. The summed E-state index contributed by atoms with van der Waals surface area (Å²) in [5.74, 6) is -0.167. The summed E-state index contributed by atoms with van der Waals surface area (Å²) < 4.78 is 46.5. The smallest absolute Gasteiger partial charge is 0.250 e. The van der Waals surface area contributed by atoms with Gasteiger partial charge in [-0.05, 0) is 37.6 Å². The summed E-state index contributed by atoms with van der Waals surface area (Å²) in [7, 11) is -3.63. The van der Waals surface area contributed by atoms with Crippen LogP contribution in [0.3, 0.4) is 0 Å². The molecule has 0 spiro atoms. The van der Waals surface area contributed by atoms with Crippen molar-refractivity contribution in [3.63, 3.8) is 0 Å². The van der Waals surface area contributed by atoms with Gasteiger partial charge in [0, 0.05) is 13.0 Å². The number of hydrogen-bond donors (Lipinski definition) is 1. The highest BCUT2D eigenvalue weighted by Gasteiger charge is 2.17. The van der Waals surface area contributed by atoms with E-state index < -0.39 is 15.8 Å². The van der Waals surface area contributed by atoms with Gasteiger partial charge in [-0.1, -0.05) is 29.8 Å². The van der Waals surface area contributed by atoms with Crippen molar-refractivity contribution in [2.24, 2.45) is 0 Å². The van der Waals surface area contributed by atoms with Gasteiger partial charge in [-0.15, -0.1) is 10.2 Å². The predicted octanol–water partition coefficient (Wildman–Crippen LogP) is 3.01. The van der Waals surface area contributed by atoms with E-state index in [-0.39, 0.29) is 35.2 Å². The van der Waals surface area contributed by atoms with Crippen molar-refractivity contribution in [2.45, 2.75) is 25.2 Å². The molecule has 0 saturated carbocycles. The molecule has 1 N–H and O–H groups in total. The first-order chi connectivity index (χ1) is 12.4. The third kappa shape index (κ3) is 3.97.